The van der Waals surface area contributed by atoms with Gasteiger partial charge in [0.15, 0.2) is 4.98 Å². The number of carboxylic acid groups (broad SMARTS) is 1. The second-order valence-corrected chi connectivity index (χ2v) is 7.06. The predicted octanol–water partition coefficient (Wildman–Crippen LogP) is 4.11. The summed E-state index contributed by atoms with van der Waals surface area (Å²) in [6, 6.07) is 20.1. The molecule has 32 heavy (non-hydrogen) atoms. The van der Waals surface area contributed by atoms with Crippen LogP contribution < -0.4 is 10.0 Å². The number of carbonyl (C=O) groups excluding carboxylic acids is 2. The summed E-state index contributed by atoms with van der Waals surface area (Å²) in [4.78, 5) is 26.9. The van der Waals surface area contributed by atoms with Crippen molar-refractivity contribution in [2.24, 2.45) is 0 Å². The second-order valence-electron chi connectivity index (χ2n) is 7.06. The Bertz CT molecular complexity index is 1140. The standard InChI is InChI=1S/C20H16N3O2.C2HF3O2/c1-20(14-9-11-15(22-21)12-10-14)18(17-8-5-13-25-17)23(19(20)24)16-6-3-2-4-7-16;3-2(4,5)1(6)7/h2-13,18H,1H3;(H,6,7)/q+1;/p-1/t18-,20-;/m1./s1. The maximum absolute atomic E-state index is 13.2. The lowest BCUT2D eigenvalue weighted by Crippen LogP contribution is -2.65. The van der Waals surface area contributed by atoms with E-state index in [1.54, 1.807) is 23.3 Å². The average Bonchev–Trinajstić information content (AvgIpc) is 3.30. The number of alkyl halides is 3. The molecule has 0 bridgehead atoms. The van der Waals surface area contributed by atoms with Crippen molar-refractivity contribution in [3.63, 3.8) is 0 Å². The minimum absolute atomic E-state index is 0.00814. The zero-order valence-electron chi connectivity index (χ0n) is 16.6. The van der Waals surface area contributed by atoms with E-state index in [0.29, 0.717) is 5.69 Å². The molecule has 10 heteroatoms. The van der Waals surface area contributed by atoms with Gasteiger partial charge in [0, 0.05) is 17.8 Å². The Balaban J connectivity index is 0.000000360. The number of rotatable bonds is 3. The summed E-state index contributed by atoms with van der Waals surface area (Å²) in [5, 5.41) is 17.7. The van der Waals surface area contributed by atoms with E-state index in [1.807, 2.05) is 61.5 Å². The van der Waals surface area contributed by atoms with E-state index >= 15 is 0 Å². The van der Waals surface area contributed by atoms with Crippen LogP contribution in [0.3, 0.4) is 0 Å². The zero-order chi connectivity index (χ0) is 23.5. The number of carbonyl (C=O) groups is 2. The molecule has 0 saturated carbocycles. The maximum Gasteiger partial charge on any atom is 0.430 e. The number of hydrogen-bond acceptors (Lipinski definition) is 5. The van der Waals surface area contributed by atoms with Crippen molar-refractivity contribution in [2.45, 2.75) is 24.6 Å². The molecular formula is C22H16F3N3O4. The van der Waals surface area contributed by atoms with Crippen LogP contribution in [0, 0.1) is 5.39 Å². The molecule has 0 radical (unpaired) electrons. The number of benzene rings is 2. The molecule has 0 aliphatic carbocycles. The molecule has 1 aromatic heterocycles. The number of anilines is 1. The number of furan rings is 1. The van der Waals surface area contributed by atoms with Gasteiger partial charge >= 0.3 is 11.9 Å². The van der Waals surface area contributed by atoms with Crippen LogP contribution >= 0.6 is 0 Å². The van der Waals surface area contributed by atoms with Gasteiger partial charge in [-0.2, -0.15) is 13.2 Å². The molecule has 2 aromatic carbocycles. The monoisotopic (exact) mass is 443 g/mol. The lowest BCUT2D eigenvalue weighted by atomic mass is 9.66. The van der Waals surface area contributed by atoms with Crippen LogP contribution in [0.1, 0.15) is 24.3 Å². The van der Waals surface area contributed by atoms with Crippen LogP contribution in [0.5, 0.6) is 0 Å². The van der Waals surface area contributed by atoms with Gasteiger partial charge in [-0.1, -0.05) is 18.2 Å². The minimum atomic E-state index is -5.19. The van der Waals surface area contributed by atoms with Crippen molar-refractivity contribution in [3.8, 4) is 0 Å². The fourth-order valence-electron chi connectivity index (χ4n) is 3.55. The number of halogens is 3. The highest BCUT2D eigenvalue weighted by atomic mass is 19.4. The Labute approximate surface area is 180 Å². The van der Waals surface area contributed by atoms with Gasteiger partial charge in [-0.05, 0) is 48.9 Å². The van der Waals surface area contributed by atoms with Crippen LogP contribution in [0.4, 0.5) is 24.5 Å². The summed E-state index contributed by atoms with van der Waals surface area (Å²) in [6.45, 7) is 1.92. The van der Waals surface area contributed by atoms with Crippen LogP contribution in [-0.4, -0.2) is 18.1 Å². The van der Waals surface area contributed by atoms with Gasteiger partial charge in [0.05, 0.1) is 11.7 Å². The fraction of sp³-hybridized carbons (Fsp3) is 0.182. The van der Waals surface area contributed by atoms with Gasteiger partial charge in [-0.25, -0.2) is 0 Å². The maximum atomic E-state index is 13.2. The summed E-state index contributed by atoms with van der Waals surface area (Å²) < 4.78 is 37.2. The van der Waals surface area contributed by atoms with E-state index in [1.165, 1.54) is 0 Å². The third kappa shape index (κ3) is 4.05. The average molecular weight is 443 g/mol. The van der Waals surface area contributed by atoms with E-state index in [9.17, 15) is 18.0 Å². The first kappa shape index (κ1) is 22.6. The van der Waals surface area contributed by atoms with Crippen molar-refractivity contribution < 1.29 is 32.3 Å². The first-order chi connectivity index (χ1) is 15.1. The van der Waals surface area contributed by atoms with Crippen LogP contribution in [0.2, 0.25) is 0 Å². The molecule has 0 spiro atoms. The lowest BCUT2D eigenvalue weighted by molar-refractivity contribution is -0.344. The summed E-state index contributed by atoms with van der Waals surface area (Å²) in [5.41, 5.74) is 1.40. The summed E-state index contributed by atoms with van der Waals surface area (Å²) in [6.07, 6.45) is -3.57. The van der Waals surface area contributed by atoms with Crippen LogP contribution in [0.25, 0.3) is 4.98 Å². The quantitative estimate of drug-likeness (QED) is 0.448. The molecule has 3 aromatic rings. The molecule has 1 aliphatic heterocycles. The summed E-state index contributed by atoms with van der Waals surface area (Å²) >= 11 is 0. The molecule has 164 valence electrons. The molecule has 1 fully saturated rings. The molecule has 1 saturated heterocycles. The van der Waals surface area contributed by atoms with Gasteiger partial charge in [-0.3, -0.25) is 9.69 Å². The Hall–Kier alpha value is -4.13. The van der Waals surface area contributed by atoms with Crippen molar-refractivity contribution in [3.05, 3.63) is 89.3 Å². The van der Waals surface area contributed by atoms with Crippen molar-refractivity contribution in [1.82, 2.24) is 0 Å². The van der Waals surface area contributed by atoms with Crippen LogP contribution in [0.15, 0.2) is 77.4 Å². The van der Waals surface area contributed by atoms with E-state index in [0.717, 1.165) is 17.0 Å². The molecule has 7 nitrogen and oxygen atoms in total. The van der Waals surface area contributed by atoms with Crippen molar-refractivity contribution in [2.75, 3.05) is 4.90 Å². The van der Waals surface area contributed by atoms with E-state index in [2.05, 4.69) is 4.98 Å². The SMILES string of the molecule is C[C@]1(c2ccc([N+]#N)cc2)C(=O)N(c2ccccc2)[C@@H]1c1ccco1.O=C([O-])C(F)(F)F. The van der Waals surface area contributed by atoms with Gasteiger partial charge in [0.2, 0.25) is 11.3 Å². The molecule has 4 rings (SSSR count). The predicted molar refractivity (Wildman–Crippen MR) is 105 cm³/mol. The van der Waals surface area contributed by atoms with Crippen molar-refractivity contribution >= 4 is 23.3 Å². The molecular weight excluding hydrogens is 427 g/mol. The fourth-order valence-corrected chi connectivity index (χ4v) is 3.55. The smallest absolute Gasteiger partial charge is 0.430 e. The number of carboxylic acids is 1. The molecule has 0 N–H and O–H groups in total. The van der Waals surface area contributed by atoms with Crippen LogP contribution in [-0.2, 0) is 15.0 Å². The number of β-lactam (4-membered cyclic amide) rings is 1. The number of nitrogens with zero attached hydrogens (tertiary/aromatic N) is 3. The number of para-hydroxylation sites is 1. The van der Waals surface area contributed by atoms with Crippen molar-refractivity contribution in [1.29, 1.82) is 5.39 Å². The molecule has 2 atom stereocenters. The first-order valence-electron chi connectivity index (χ1n) is 9.26. The van der Waals surface area contributed by atoms with E-state index in [-0.39, 0.29) is 11.9 Å². The molecule has 1 aliphatic rings. The third-order valence-electron chi connectivity index (χ3n) is 5.13. The second kappa shape index (κ2) is 8.55. The van der Waals surface area contributed by atoms with Gasteiger partial charge in [0.25, 0.3) is 0 Å². The van der Waals surface area contributed by atoms with E-state index < -0.39 is 17.6 Å². The molecule has 0 unspecified atom stereocenters. The Morgan fingerprint density at radius 2 is 1.69 bits per heavy atom. The number of hydrogen-bond donors (Lipinski definition) is 0. The lowest BCUT2D eigenvalue weighted by Gasteiger charge is -2.53. The molecule has 1 amide bonds. The Kier molecular flexibility index (Phi) is 6.02. The zero-order valence-corrected chi connectivity index (χ0v) is 16.6. The highest BCUT2D eigenvalue weighted by Gasteiger charge is 2.60. The normalized spacial score (nSPS) is 19.9. The number of amides is 1. The third-order valence-corrected chi connectivity index (χ3v) is 5.13. The van der Waals surface area contributed by atoms with Gasteiger partial charge < -0.3 is 14.3 Å². The number of diazo groups is 1. The highest BCUT2D eigenvalue weighted by Crippen LogP contribution is 2.53. The topological polar surface area (TPSA) is 102 Å². The summed E-state index contributed by atoms with van der Waals surface area (Å²) in [7, 11) is 0. The highest BCUT2D eigenvalue weighted by molar-refractivity contribution is 6.09. The first-order valence-corrected chi connectivity index (χ1v) is 9.26. The van der Waals surface area contributed by atoms with E-state index in [4.69, 9.17) is 19.7 Å². The molecule has 2 heterocycles. The largest absolute Gasteiger partial charge is 0.542 e. The summed E-state index contributed by atoms with van der Waals surface area (Å²) in [5.74, 6) is -2.26. The minimum Gasteiger partial charge on any atom is -0.542 e. The van der Waals surface area contributed by atoms with Gasteiger partial charge in [0.1, 0.15) is 17.8 Å². The Morgan fingerprint density at radius 3 is 2.16 bits per heavy atom. The van der Waals surface area contributed by atoms with Gasteiger partial charge in [-0.15, -0.1) is 0 Å². The number of aliphatic carboxylic acids is 1. The Morgan fingerprint density at radius 1 is 1.09 bits per heavy atom.